The predicted molar refractivity (Wildman–Crippen MR) is 11.5 cm³/mol. The van der Waals surface area contributed by atoms with Crippen molar-refractivity contribution in [3.63, 3.8) is 0 Å². The average molecular weight is 295 g/mol. The monoisotopic (exact) mass is 294 g/mol. The molecule has 4 heavy (non-hydrogen) atoms. The Bertz CT molecular complexity index is 8.00. The maximum absolute atomic E-state index is 0. The molecule has 6 radical (unpaired) electrons. The molecule has 0 aromatic heterocycles. The summed E-state index contributed by atoms with van der Waals surface area (Å²) in [6, 6.07) is 0. The van der Waals surface area contributed by atoms with E-state index in [2.05, 4.69) is 0 Å². The average Bonchev–Trinajstić information content (AvgIpc) is 0. The molecule has 0 saturated carbocycles. The molecule has 0 amide bonds. The summed E-state index contributed by atoms with van der Waals surface area (Å²) in [5.74, 6) is 0. The van der Waals surface area contributed by atoms with Crippen molar-refractivity contribution in [2.45, 2.75) is 0 Å². The summed E-state index contributed by atoms with van der Waals surface area (Å²) in [5, 5.41) is 0. The summed E-state index contributed by atoms with van der Waals surface area (Å²) in [4.78, 5) is 0. The molecule has 0 spiro atoms. The van der Waals surface area contributed by atoms with Crippen LogP contribution >= 0.6 is 0 Å². The fourth-order valence-electron chi connectivity index (χ4n) is 0. The fourth-order valence-corrected chi connectivity index (χ4v) is 0. The molecular weight excluding hydrogens is 295 g/mol. The normalized spacial score (nSPS) is 0. The third kappa shape index (κ3) is 8.90. The van der Waals surface area contributed by atoms with E-state index in [4.69, 9.17) is 0 Å². The van der Waals surface area contributed by atoms with E-state index >= 15 is 0 Å². The second kappa shape index (κ2) is 19.1. The summed E-state index contributed by atoms with van der Waals surface area (Å²) >= 11 is 0. The summed E-state index contributed by atoms with van der Waals surface area (Å²) < 4.78 is 0. The first-order valence-electron chi connectivity index (χ1n) is 0. The number of hydrogen-bond donors (Lipinski definition) is 0. The number of rotatable bonds is 0. The van der Waals surface area contributed by atoms with Gasteiger partial charge in [-0.15, -0.1) is 0 Å². The minimum atomic E-state index is 0. The van der Waals surface area contributed by atoms with Crippen molar-refractivity contribution in [2.75, 3.05) is 0 Å². The maximum Gasteiger partial charge on any atom is 0 e. The Morgan fingerprint density at radius 2 is 1.00 bits per heavy atom. The zero-order chi connectivity index (χ0) is 0. The van der Waals surface area contributed by atoms with Crippen LogP contribution < -0.4 is 0 Å². The molecule has 22 valence electrons. The van der Waals surface area contributed by atoms with E-state index in [0.717, 1.165) is 0 Å². The summed E-state index contributed by atoms with van der Waals surface area (Å²) in [7, 11) is 0. The Kier molecular flexibility index (Phi) is 168. The van der Waals surface area contributed by atoms with Crippen molar-refractivity contribution < 1.29 is 37.6 Å². The van der Waals surface area contributed by atoms with E-state index in [-0.39, 0.29) is 71.6 Å². The molecule has 0 aromatic rings. The van der Waals surface area contributed by atoms with Gasteiger partial charge in [-0.25, -0.2) is 0 Å². The second-order valence-corrected chi connectivity index (χ2v) is 0. The van der Waals surface area contributed by atoms with Gasteiger partial charge in [0.15, 0.2) is 0 Å². The predicted octanol–water partition coefficient (Wildman–Crippen LogP) is -0.767. The third-order valence-electron chi connectivity index (χ3n) is 0. The number of hydrogen-bond acceptors (Lipinski definition) is 0. The summed E-state index contributed by atoms with van der Waals surface area (Å²) in [5.41, 5.74) is 0. The molecule has 0 rings (SSSR count). The standard InChI is InChI=1S/Mg.Ni.Si.W. The largest absolute Gasteiger partial charge is 0 e. The van der Waals surface area contributed by atoms with E-state index in [1.165, 1.54) is 0 Å². The van der Waals surface area contributed by atoms with Crippen LogP contribution in [0.3, 0.4) is 0 Å². The Morgan fingerprint density at radius 3 is 1.00 bits per heavy atom. The molecule has 0 N–H and O–H groups in total. The Hall–Kier alpha value is 2.16. The van der Waals surface area contributed by atoms with E-state index in [0.29, 0.717) is 0 Å². The van der Waals surface area contributed by atoms with Gasteiger partial charge in [0.1, 0.15) is 0 Å². The smallest absolute Gasteiger partial charge is 0 e. The van der Waals surface area contributed by atoms with Crippen LogP contribution in [0.5, 0.6) is 0 Å². The zero-order valence-corrected chi connectivity index (χ0v) is 8.27. The van der Waals surface area contributed by atoms with Gasteiger partial charge in [0.2, 0.25) is 0 Å². The second-order valence-electron chi connectivity index (χ2n) is 0. The first-order valence-corrected chi connectivity index (χ1v) is 0. The molecule has 0 bridgehead atoms. The molecule has 0 heterocycles. The van der Waals surface area contributed by atoms with E-state index < -0.39 is 0 Å². The quantitative estimate of drug-likeness (QED) is 0.515. The first-order chi connectivity index (χ1) is 0. The van der Waals surface area contributed by atoms with Crippen molar-refractivity contribution in [1.82, 2.24) is 0 Å². The Morgan fingerprint density at radius 1 is 1.00 bits per heavy atom. The van der Waals surface area contributed by atoms with Crippen LogP contribution in [0.4, 0.5) is 0 Å². The molecule has 0 nitrogen and oxygen atoms in total. The van der Waals surface area contributed by atoms with Gasteiger partial charge in [-0.05, 0) is 0 Å². The summed E-state index contributed by atoms with van der Waals surface area (Å²) in [6.45, 7) is 0. The SMILES string of the molecule is [Mg].[Ni].[Si].[W]. The van der Waals surface area contributed by atoms with Crippen LogP contribution in [0.1, 0.15) is 0 Å². The van der Waals surface area contributed by atoms with Gasteiger partial charge in [-0.1, -0.05) is 0 Å². The van der Waals surface area contributed by atoms with Crippen LogP contribution in [0, 0.1) is 0 Å². The van der Waals surface area contributed by atoms with Crippen molar-refractivity contribution in [3.05, 3.63) is 0 Å². The molecule has 0 fully saturated rings. The maximum atomic E-state index is 0. The van der Waals surface area contributed by atoms with Gasteiger partial charge in [-0.2, -0.15) is 0 Å². The minimum absolute atomic E-state index is 0. The molecule has 0 atom stereocenters. The Labute approximate surface area is 70.8 Å². The van der Waals surface area contributed by atoms with Crippen molar-refractivity contribution in [2.24, 2.45) is 0 Å². The zero-order valence-electron chi connectivity index (χ0n) is 1.93. The topological polar surface area (TPSA) is 0 Å². The van der Waals surface area contributed by atoms with Crippen molar-refractivity contribution >= 4 is 34.0 Å². The van der Waals surface area contributed by atoms with Crippen LogP contribution in [-0.2, 0) is 37.6 Å². The fraction of sp³-hybridized carbons (Fsp3) is 0. The van der Waals surface area contributed by atoms with Gasteiger partial charge in [0.25, 0.3) is 0 Å². The third-order valence-corrected chi connectivity index (χ3v) is 0. The first kappa shape index (κ1) is 35.1. The summed E-state index contributed by atoms with van der Waals surface area (Å²) in [6.07, 6.45) is 0. The Balaban J connectivity index is 0. The van der Waals surface area contributed by atoms with Crippen LogP contribution in [0.2, 0.25) is 0 Å². The van der Waals surface area contributed by atoms with Gasteiger partial charge < -0.3 is 0 Å². The van der Waals surface area contributed by atoms with Crippen LogP contribution in [-0.4, -0.2) is 34.0 Å². The van der Waals surface area contributed by atoms with Crippen molar-refractivity contribution in [1.29, 1.82) is 0 Å². The molecular formula is MgNiSiW. The van der Waals surface area contributed by atoms with E-state index in [1.807, 2.05) is 0 Å². The van der Waals surface area contributed by atoms with Gasteiger partial charge in [0, 0.05) is 71.6 Å². The molecule has 0 aromatic carbocycles. The van der Waals surface area contributed by atoms with Crippen molar-refractivity contribution in [3.8, 4) is 0 Å². The molecule has 0 saturated heterocycles. The molecule has 0 aliphatic rings. The van der Waals surface area contributed by atoms with Crippen LogP contribution in [0.25, 0.3) is 0 Å². The molecule has 4 heteroatoms. The van der Waals surface area contributed by atoms with Gasteiger partial charge in [-0.3, -0.25) is 0 Å². The van der Waals surface area contributed by atoms with E-state index in [1.54, 1.807) is 0 Å². The molecule has 0 unspecified atom stereocenters. The minimum Gasteiger partial charge on any atom is 0 e. The van der Waals surface area contributed by atoms with Gasteiger partial charge >= 0.3 is 0 Å². The van der Waals surface area contributed by atoms with E-state index in [9.17, 15) is 0 Å². The molecule has 0 aliphatic carbocycles. The molecule has 0 aliphatic heterocycles. The van der Waals surface area contributed by atoms with Gasteiger partial charge in [0.05, 0.1) is 0 Å². The van der Waals surface area contributed by atoms with Crippen LogP contribution in [0.15, 0.2) is 0 Å².